The summed E-state index contributed by atoms with van der Waals surface area (Å²) in [5, 5.41) is 0. The Morgan fingerprint density at radius 3 is 2.36 bits per heavy atom. The Morgan fingerprint density at radius 1 is 1.14 bits per heavy atom. The first kappa shape index (κ1) is 20.5. The average molecular weight is 401 g/mol. The molecule has 1 fully saturated rings. The first-order valence-corrected chi connectivity index (χ1v) is 8.76. The normalized spacial score (nSPS) is 28.0. The Balaban J connectivity index is 2.23. The topological polar surface area (TPSA) is 42.1 Å². The minimum atomic E-state index is -4.70. The number of aryl methyl sites for hydroxylation is 1. The molecule has 1 aromatic carbocycles. The molecule has 8 heteroatoms. The number of ether oxygens (including phenoxy) is 1. The van der Waals surface area contributed by atoms with Gasteiger partial charge in [-0.2, -0.15) is 13.2 Å². The molecule has 0 saturated carbocycles. The fourth-order valence-corrected chi connectivity index (χ4v) is 3.95. The molecule has 0 radical (unpaired) electrons. The lowest BCUT2D eigenvalue weighted by Gasteiger charge is -2.32. The molecule has 0 amide bonds. The third kappa shape index (κ3) is 3.13. The molecule has 2 aromatic rings. The lowest BCUT2D eigenvalue weighted by atomic mass is 9.75. The molecule has 1 N–H and O–H groups in total. The highest BCUT2D eigenvalue weighted by atomic mass is 19.4. The Kier molecular flexibility index (Phi) is 4.90. The van der Waals surface area contributed by atoms with Gasteiger partial charge in [-0.05, 0) is 38.0 Å². The van der Waals surface area contributed by atoms with E-state index in [0.717, 1.165) is 13.0 Å². The number of aromatic nitrogens is 1. The van der Waals surface area contributed by atoms with Crippen molar-refractivity contribution in [3.8, 4) is 0 Å². The summed E-state index contributed by atoms with van der Waals surface area (Å²) in [5.74, 6) is -4.25. The molecule has 2 heterocycles. The van der Waals surface area contributed by atoms with Crippen LogP contribution >= 0.6 is 0 Å². The van der Waals surface area contributed by atoms with E-state index in [1.165, 1.54) is 32.0 Å². The van der Waals surface area contributed by atoms with Gasteiger partial charge in [-0.1, -0.05) is 13.0 Å². The summed E-state index contributed by atoms with van der Waals surface area (Å²) in [7, 11) is 0. The van der Waals surface area contributed by atoms with Crippen LogP contribution in [0.5, 0.6) is 0 Å². The number of pyridine rings is 1. The minimum Gasteiger partial charge on any atom is -0.360 e. The Morgan fingerprint density at radius 2 is 1.79 bits per heavy atom. The number of aromatic amines is 1. The highest BCUT2D eigenvalue weighted by Crippen LogP contribution is 2.58. The predicted molar refractivity (Wildman–Crippen MR) is 93.1 cm³/mol. The molecular weight excluding hydrogens is 381 g/mol. The van der Waals surface area contributed by atoms with E-state index in [9.17, 15) is 26.7 Å². The first-order chi connectivity index (χ1) is 12.9. The number of alkyl halides is 3. The number of rotatable bonds is 2. The zero-order valence-corrected chi connectivity index (χ0v) is 15.7. The fourth-order valence-electron chi connectivity index (χ4n) is 3.95. The molecule has 3 nitrogen and oxygen atoms in total. The maximum Gasteiger partial charge on any atom is 0.417 e. The van der Waals surface area contributed by atoms with E-state index in [4.69, 9.17) is 4.74 Å². The van der Waals surface area contributed by atoms with Crippen molar-refractivity contribution in [2.45, 2.75) is 51.5 Å². The molecular formula is C20H20F5NO2. The van der Waals surface area contributed by atoms with Crippen LogP contribution in [0.25, 0.3) is 0 Å². The van der Waals surface area contributed by atoms with E-state index in [2.05, 4.69) is 4.98 Å². The molecule has 3 rings (SSSR count). The Bertz CT molecular complexity index is 968. The molecule has 1 aliphatic rings. The fraction of sp³-hybridized carbons (Fsp3) is 0.450. The zero-order valence-electron chi connectivity index (χ0n) is 15.7. The summed E-state index contributed by atoms with van der Waals surface area (Å²) >= 11 is 0. The molecule has 1 aliphatic heterocycles. The van der Waals surface area contributed by atoms with E-state index in [0.29, 0.717) is 5.69 Å². The number of nitrogens with one attached hydrogen (secondary N) is 1. The molecule has 28 heavy (non-hydrogen) atoms. The van der Waals surface area contributed by atoms with Gasteiger partial charge in [0.2, 0.25) is 0 Å². The second kappa shape index (κ2) is 6.69. The molecule has 4 atom stereocenters. The first-order valence-electron chi connectivity index (χ1n) is 8.76. The van der Waals surface area contributed by atoms with Crippen LogP contribution in [-0.2, 0) is 4.74 Å². The Labute approximate surface area is 158 Å². The number of hydrogen-bond acceptors (Lipinski definition) is 2. The minimum absolute atomic E-state index is 0.0770. The maximum absolute atomic E-state index is 14.2. The quantitative estimate of drug-likeness (QED) is 0.713. The van der Waals surface area contributed by atoms with Gasteiger partial charge in [0.15, 0.2) is 22.7 Å². The summed E-state index contributed by atoms with van der Waals surface area (Å²) < 4.78 is 74.8. The number of hydrogen-bond donors (Lipinski definition) is 1. The van der Waals surface area contributed by atoms with Crippen LogP contribution in [0.3, 0.4) is 0 Å². The van der Waals surface area contributed by atoms with Gasteiger partial charge < -0.3 is 9.72 Å². The van der Waals surface area contributed by atoms with Crippen LogP contribution in [0.15, 0.2) is 29.1 Å². The molecule has 1 saturated heterocycles. The van der Waals surface area contributed by atoms with Crippen LogP contribution in [0.1, 0.15) is 48.4 Å². The Hall–Kier alpha value is -2.22. The summed E-state index contributed by atoms with van der Waals surface area (Å²) in [6, 6.07) is 4.66. The van der Waals surface area contributed by atoms with E-state index in [-0.39, 0.29) is 22.2 Å². The molecule has 1 aromatic heterocycles. The molecule has 0 spiro atoms. The van der Waals surface area contributed by atoms with Gasteiger partial charge in [-0.15, -0.1) is 0 Å². The smallest absolute Gasteiger partial charge is 0.360 e. The van der Waals surface area contributed by atoms with Crippen molar-refractivity contribution in [3.05, 3.63) is 68.6 Å². The van der Waals surface area contributed by atoms with Gasteiger partial charge in [-0.3, -0.25) is 4.79 Å². The molecule has 0 bridgehead atoms. The van der Waals surface area contributed by atoms with Crippen LogP contribution in [0.2, 0.25) is 0 Å². The van der Waals surface area contributed by atoms with Gasteiger partial charge in [0, 0.05) is 35.4 Å². The van der Waals surface area contributed by atoms with E-state index >= 15 is 0 Å². The van der Waals surface area contributed by atoms with Crippen molar-refractivity contribution in [2.24, 2.45) is 5.92 Å². The van der Waals surface area contributed by atoms with E-state index in [1.54, 1.807) is 6.92 Å². The third-order valence-electron chi connectivity index (χ3n) is 5.71. The van der Waals surface area contributed by atoms with Crippen LogP contribution in [-0.4, -0.2) is 16.8 Å². The second-order valence-electron chi connectivity index (χ2n) is 7.49. The van der Waals surface area contributed by atoms with Crippen LogP contribution in [0.4, 0.5) is 22.0 Å². The average Bonchev–Trinajstić information content (AvgIpc) is 2.85. The number of H-pyrrole nitrogens is 1. The van der Waals surface area contributed by atoms with Gasteiger partial charge >= 0.3 is 6.18 Å². The highest BCUT2D eigenvalue weighted by Gasteiger charge is 2.64. The number of benzene rings is 1. The van der Waals surface area contributed by atoms with Crippen molar-refractivity contribution >= 4 is 0 Å². The SMILES string of the molecule is Cc1cc(=O)cc([C@@H]2O[C@@](C)(C(F)(F)F)[C@@H](C)[C@H]2c2ccc(F)c(F)c2C)[nH]1. The standard InChI is InChI=1S/C20H20F5NO2/c1-9-7-12(27)8-15(26-9)18-16(11(3)19(4,28-18)20(23,24)25)13-5-6-14(21)17(22)10(13)2/h5-8,11,16,18H,1-4H3,(H,26,27)/t11-,16-,18-,19+/m0/s1. The van der Waals surface area contributed by atoms with Crippen molar-refractivity contribution in [1.82, 2.24) is 4.98 Å². The van der Waals surface area contributed by atoms with Crippen LogP contribution < -0.4 is 5.43 Å². The number of halogens is 5. The van der Waals surface area contributed by atoms with Gasteiger partial charge in [-0.25, -0.2) is 8.78 Å². The van der Waals surface area contributed by atoms with Crippen molar-refractivity contribution in [2.75, 3.05) is 0 Å². The van der Waals surface area contributed by atoms with E-state index < -0.39 is 41.4 Å². The summed E-state index contributed by atoms with van der Waals surface area (Å²) in [6.45, 7) is 5.23. The van der Waals surface area contributed by atoms with Crippen LogP contribution in [0, 0.1) is 31.4 Å². The summed E-state index contributed by atoms with van der Waals surface area (Å²) in [5.41, 5.74) is -2.15. The van der Waals surface area contributed by atoms with Gasteiger partial charge in [0.25, 0.3) is 0 Å². The highest BCUT2D eigenvalue weighted by molar-refractivity contribution is 5.36. The lowest BCUT2D eigenvalue weighted by Crippen LogP contribution is -2.46. The second-order valence-corrected chi connectivity index (χ2v) is 7.49. The molecule has 0 aliphatic carbocycles. The predicted octanol–water partition coefficient (Wildman–Crippen LogP) is 5.08. The largest absolute Gasteiger partial charge is 0.417 e. The van der Waals surface area contributed by atoms with E-state index in [1.807, 2.05) is 0 Å². The van der Waals surface area contributed by atoms with Crippen molar-refractivity contribution in [3.63, 3.8) is 0 Å². The maximum atomic E-state index is 14.2. The monoisotopic (exact) mass is 401 g/mol. The van der Waals surface area contributed by atoms with Gasteiger partial charge in [0.05, 0.1) is 0 Å². The zero-order chi connectivity index (χ0) is 21.0. The van der Waals surface area contributed by atoms with Crippen molar-refractivity contribution in [1.29, 1.82) is 0 Å². The summed E-state index contributed by atoms with van der Waals surface area (Å²) in [6.07, 6.45) is -5.88. The van der Waals surface area contributed by atoms with Crippen molar-refractivity contribution < 1.29 is 26.7 Å². The van der Waals surface area contributed by atoms with Gasteiger partial charge in [0.1, 0.15) is 6.10 Å². The molecule has 0 unspecified atom stereocenters. The summed E-state index contributed by atoms with van der Waals surface area (Å²) in [4.78, 5) is 14.8. The lowest BCUT2D eigenvalue weighted by molar-refractivity contribution is -0.275. The third-order valence-corrected chi connectivity index (χ3v) is 5.71. The molecule has 152 valence electrons.